The van der Waals surface area contributed by atoms with Gasteiger partial charge >= 0.3 is 12.1 Å². The minimum atomic E-state index is -1.18. The van der Waals surface area contributed by atoms with Gasteiger partial charge in [-0.15, -0.1) is 0 Å². The number of carbonyl (C=O) groups is 2. The second-order valence-corrected chi connectivity index (χ2v) is 11.9. The minimum absolute atomic E-state index is 0.0569. The summed E-state index contributed by atoms with van der Waals surface area (Å²) in [7, 11) is 0. The number of aromatic nitrogens is 2. The van der Waals surface area contributed by atoms with Crippen LogP contribution in [0.4, 0.5) is 9.18 Å². The Morgan fingerprint density at radius 2 is 1.85 bits per heavy atom. The zero-order valence-corrected chi connectivity index (χ0v) is 22.8. The number of nitrogens with zero attached hydrogens (tertiary/aromatic N) is 2. The van der Waals surface area contributed by atoms with Crippen molar-refractivity contribution in [3.63, 3.8) is 0 Å². The highest BCUT2D eigenvalue weighted by atomic mass is 32.1. The number of nitrogens with one attached hydrogen (secondary N) is 1. The first-order chi connectivity index (χ1) is 18.5. The van der Waals surface area contributed by atoms with Crippen molar-refractivity contribution in [1.29, 1.82) is 0 Å². The van der Waals surface area contributed by atoms with Crippen molar-refractivity contribution in [2.24, 2.45) is 0 Å². The zero-order valence-electron chi connectivity index (χ0n) is 22.0. The maximum absolute atomic E-state index is 15.2. The van der Waals surface area contributed by atoms with Crippen LogP contribution in [0.1, 0.15) is 56.9 Å². The maximum Gasteiger partial charge on any atom is 0.408 e. The molecule has 2 aromatic carbocycles. The number of hydrogen-bond acceptors (Lipinski definition) is 6. The van der Waals surface area contributed by atoms with Crippen molar-refractivity contribution in [1.82, 2.24) is 15.3 Å². The van der Waals surface area contributed by atoms with Crippen molar-refractivity contribution in [2.75, 3.05) is 0 Å². The van der Waals surface area contributed by atoms with E-state index in [1.165, 1.54) is 23.0 Å². The monoisotopic (exact) mass is 547 g/mol. The molecule has 0 unspecified atom stereocenters. The van der Waals surface area contributed by atoms with Crippen LogP contribution in [-0.2, 0) is 21.4 Å². The first-order valence-electron chi connectivity index (χ1n) is 12.9. The number of pyridine rings is 1. The van der Waals surface area contributed by atoms with Crippen molar-refractivity contribution in [2.45, 2.75) is 63.5 Å². The molecule has 39 heavy (non-hydrogen) atoms. The number of thiazole rings is 1. The van der Waals surface area contributed by atoms with Crippen LogP contribution < -0.4 is 5.32 Å². The molecule has 1 aliphatic carbocycles. The summed E-state index contributed by atoms with van der Waals surface area (Å²) in [6.07, 6.45) is 1.64. The number of ether oxygens (including phenoxy) is 1. The fourth-order valence-electron chi connectivity index (χ4n) is 4.68. The van der Waals surface area contributed by atoms with E-state index in [2.05, 4.69) is 22.4 Å². The third-order valence-corrected chi connectivity index (χ3v) is 7.80. The van der Waals surface area contributed by atoms with E-state index >= 15 is 4.39 Å². The quantitative estimate of drug-likeness (QED) is 0.262. The first-order valence-corrected chi connectivity index (χ1v) is 13.7. The molecule has 2 heterocycles. The van der Waals surface area contributed by atoms with Gasteiger partial charge in [0.15, 0.2) is 0 Å². The Hall–Kier alpha value is -3.85. The lowest BCUT2D eigenvalue weighted by molar-refractivity contribution is -0.139. The van der Waals surface area contributed by atoms with Crippen LogP contribution >= 0.6 is 11.3 Å². The van der Waals surface area contributed by atoms with Gasteiger partial charge in [-0.05, 0) is 81.8 Å². The summed E-state index contributed by atoms with van der Waals surface area (Å²) in [5, 5.41) is 12.4. The number of carboxylic acid groups (broad SMARTS) is 1. The molecule has 0 aliphatic heterocycles. The highest BCUT2D eigenvalue weighted by molar-refractivity contribution is 7.21. The number of rotatable bonds is 8. The predicted octanol–water partition coefficient (Wildman–Crippen LogP) is 6.49. The number of carbonyl (C=O) groups excluding carboxylic acids is 1. The second-order valence-electron chi connectivity index (χ2n) is 10.9. The van der Waals surface area contributed by atoms with Gasteiger partial charge in [-0.3, -0.25) is 0 Å². The topological polar surface area (TPSA) is 101 Å². The van der Waals surface area contributed by atoms with Gasteiger partial charge in [0.25, 0.3) is 0 Å². The predicted molar refractivity (Wildman–Crippen MR) is 148 cm³/mol. The molecule has 0 spiro atoms. The second kappa shape index (κ2) is 10.4. The van der Waals surface area contributed by atoms with Gasteiger partial charge in [0, 0.05) is 11.0 Å². The Morgan fingerprint density at radius 3 is 2.49 bits per heavy atom. The summed E-state index contributed by atoms with van der Waals surface area (Å²) in [5.74, 6) is -1.62. The fourth-order valence-corrected chi connectivity index (χ4v) is 5.64. The van der Waals surface area contributed by atoms with Crippen LogP contribution in [0.5, 0.6) is 0 Å². The molecule has 0 bridgehead atoms. The lowest BCUT2D eigenvalue weighted by atomic mass is 9.92. The SMILES string of the molecule is CC(C)(C)OC(=O)N[C@@H](CCc1ccc(-c2nc3ccc(C4(c5ccccc5)CC4)nc3s2)c(F)c1)C(=O)O. The molecular weight excluding hydrogens is 517 g/mol. The summed E-state index contributed by atoms with van der Waals surface area (Å²) in [6.45, 7) is 5.09. The molecule has 1 amide bonds. The van der Waals surface area contributed by atoms with Crippen LogP contribution in [-0.4, -0.2) is 38.8 Å². The summed E-state index contributed by atoms with van der Waals surface area (Å²) >= 11 is 1.36. The molecule has 7 nitrogen and oxygen atoms in total. The number of halogens is 1. The van der Waals surface area contributed by atoms with Crippen LogP contribution in [0.2, 0.25) is 0 Å². The van der Waals surface area contributed by atoms with E-state index in [4.69, 9.17) is 9.72 Å². The summed E-state index contributed by atoms with van der Waals surface area (Å²) in [5.41, 5.74) is 3.19. The van der Waals surface area contributed by atoms with Crippen LogP contribution in [0.15, 0.2) is 60.7 Å². The number of carboxylic acids is 1. The third kappa shape index (κ3) is 5.93. The Kier molecular flexibility index (Phi) is 7.11. The first kappa shape index (κ1) is 26.7. The molecule has 0 saturated heterocycles. The van der Waals surface area contributed by atoms with Crippen LogP contribution in [0.3, 0.4) is 0 Å². The van der Waals surface area contributed by atoms with Crippen molar-refractivity contribution in [3.05, 3.63) is 83.3 Å². The van der Waals surface area contributed by atoms with E-state index in [9.17, 15) is 14.7 Å². The number of benzene rings is 2. The molecule has 0 radical (unpaired) electrons. The Labute approximate surface area is 230 Å². The number of hydrogen-bond donors (Lipinski definition) is 2. The zero-order chi connectivity index (χ0) is 27.8. The minimum Gasteiger partial charge on any atom is -0.480 e. The van der Waals surface area contributed by atoms with E-state index in [0.717, 1.165) is 28.9 Å². The fraction of sp³-hybridized carbons (Fsp3) is 0.333. The molecule has 2 N–H and O–H groups in total. The Bertz CT molecular complexity index is 1530. The molecule has 2 aromatic heterocycles. The molecule has 1 saturated carbocycles. The van der Waals surface area contributed by atoms with Crippen molar-refractivity contribution in [3.8, 4) is 10.6 Å². The largest absolute Gasteiger partial charge is 0.480 e. The molecule has 5 rings (SSSR count). The van der Waals surface area contributed by atoms with Crippen molar-refractivity contribution < 1.29 is 23.8 Å². The highest BCUT2D eigenvalue weighted by Crippen LogP contribution is 2.53. The van der Waals surface area contributed by atoms with E-state index in [1.54, 1.807) is 32.9 Å². The smallest absolute Gasteiger partial charge is 0.408 e. The summed E-state index contributed by atoms with van der Waals surface area (Å²) < 4.78 is 20.3. The molecule has 4 aromatic rings. The van der Waals surface area contributed by atoms with E-state index in [0.29, 0.717) is 16.1 Å². The van der Waals surface area contributed by atoms with Gasteiger partial charge in [-0.2, -0.15) is 0 Å². The van der Waals surface area contributed by atoms with E-state index < -0.39 is 29.5 Å². The normalized spacial score (nSPS) is 15.1. The molecule has 202 valence electrons. The number of fused-ring (bicyclic) bond motifs is 1. The molecule has 1 fully saturated rings. The van der Waals surface area contributed by atoms with Gasteiger partial charge in [0.2, 0.25) is 0 Å². The average molecular weight is 548 g/mol. The average Bonchev–Trinajstić information content (AvgIpc) is 3.58. The Morgan fingerprint density at radius 1 is 1.10 bits per heavy atom. The molecule has 9 heteroatoms. The molecule has 1 aliphatic rings. The standard InChI is InChI=1S/C30H30FN3O4S/c1-29(2,3)38-28(37)33-23(27(35)36)12-10-18-9-11-20(21(31)17-18)25-32-22-13-14-24(34-26(22)39-25)30(15-16-30)19-7-5-4-6-8-19/h4-9,11,13-14,17,23H,10,12,15-16H2,1-3H3,(H,33,37)(H,35,36)/t23-/m0/s1. The van der Waals surface area contributed by atoms with Crippen LogP contribution in [0, 0.1) is 5.82 Å². The van der Waals surface area contributed by atoms with Gasteiger partial charge in [-0.1, -0.05) is 47.7 Å². The number of aliphatic carboxylic acids is 1. The number of amides is 1. The van der Waals surface area contributed by atoms with Crippen molar-refractivity contribution >= 4 is 33.7 Å². The van der Waals surface area contributed by atoms with Gasteiger partial charge in [0.05, 0.1) is 5.69 Å². The number of aryl methyl sites for hydroxylation is 1. The summed E-state index contributed by atoms with van der Waals surface area (Å²) in [6, 6.07) is 18.0. The van der Waals surface area contributed by atoms with Crippen LogP contribution in [0.25, 0.3) is 20.9 Å². The van der Waals surface area contributed by atoms with E-state index in [-0.39, 0.29) is 18.3 Å². The van der Waals surface area contributed by atoms with Gasteiger partial charge < -0.3 is 15.2 Å². The molecule has 1 atom stereocenters. The summed E-state index contributed by atoms with van der Waals surface area (Å²) in [4.78, 5) is 33.9. The molecular formula is C30H30FN3O4S. The van der Waals surface area contributed by atoms with E-state index in [1.807, 2.05) is 30.3 Å². The maximum atomic E-state index is 15.2. The number of alkyl carbamates (subject to hydrolysis) is 1. The lowest BCUT2D eigenvalue weighted by Gasteiger charge is -2.22. The highest BCUT2D eigenvalue weighted by Gasteiger charge is 2.47. The van der Waals surface area contributed by atoms with Gasteiger partial charge in [0.1, 0.15) is 32.8 Å². The Balaban J connectivity index is 1.30. The lowest BCUT2D eigenvalue weighted by Crippen LogP contribution is -2.43. The van der Waals surface area contributed by atoms with Gasteiger partial charge in [-0.25, -0.2) is 23.9 Å². The third-order valence-electron chi connectivity index (χ3n) is 6.80.